The Labute approximate surface area is 552 Å². The third kappa shape index (κ3) is 19.2. The molecule has 0 saturated carbocycles. The fourth-order valence-corrected chi connectivity index (χ4v) is 17.5. The molecule has 20 nitrogen and oxygen atoms in total. The minimum absolute atomic E-state index is 0.0471. The van der Waals surface area contributed by atoms with Gasteiger partial charge in [0.1, 0.15) is 22.6 Å². The molecule has 1 aliphatic carbocycles. The molecule has 23 heteroatoms. The Morgan fingerprint density at radius 3 is 1.91 bits per heavy atom. The van der Waals surface area contributed by atoms with Crippen molar-refractivity contribution in [2.75, 3.05) is 63.1 Å². The number of likely N-dealkylation sites (tertiary alicyclic amines) is 1. The highest BCUT2D eigenvalue weighted by molar-refractivity contribution is 8.00. The number of allylic oxidation sites excluding steroid dienone is 5. The first-order valence-corrected chi connectivity index (χ1v) is 37.1. The zero-order valence-corrected chi connectivity index (χ0v) is 57.5. The lowest BCUT2D eigenvalue weighted by Gasteiger charge is -2.41. The summed E-state index contributed by atoms with van der Waals surface area (Å²) in [6.07, 6.45) is 18.5. The van der Waals surface area contributed by atoms with E-state index in [0.717, 1.165) is 119 Å². The highest BCUT2D eigenvalue weighted by Gasteiger charge is 2.40. The SMILES string of the molecule is CC[C@H]1CCN2CC[C@H](CS[C@H]3CCN4CC[C@H](CS[C@H]5CCN6CC[C@H](CSC7CC(=O)N(CCCC(=O)CCCCCC8=C9C[C@@H](C)C[C@H](C)[C@H](O)[C@@H](C)/C=C(\C)[C@H](OC(C)=O)[C@@H](C)/C=C\C=C(/C)C(=O)NC(=CC8=O)C9=O)C7=O)NC6=N5)NC4=N3)NC2=N1. The van der Waals surface area contributed by atoms with Gasteiger partial charge in [-0.25, -0.2) is 15.0 Å². The highest BCUT2D eigenvalue weighted by atomic mass is 32.2. The topological polar surface area (TPSA) is 247 Å². The predicted octanol–water partition coefficient (Wildman–Crippen LogP) is 7.84. The lowest BCUT2D eigenvalue weighted by molar-refractivity contribution is -0.146. The van der Waals surface area contributed by atoms with Crippen molar-refractivity contribution in [1.29, 1.82) is 0 Å². The first-order chi connectivity index (χ1) is 43.7. The summed E-state index contributed by atoms with van der Waals surface area (Å²) in [5.41, 5.74) is 1.80. The fourth-order valence-electron chi connectivity index (χ4n) is 14.0. The van der Waals surface area contributed by atoms with Crippen LogP contribution in [0.4, 0.5) is 0 Å². The number of carbonyl (C=O) groups excluding carboxylic acids is 7. The first kappa shape index (κ1) is 69.9. The number of thioether (sulfide) groups is 3. The van der Waals surface area contributed by atoms with E-state index in [1.807, 2.05) is 70.3 Å². The van der Waals surface area contributed by atoms with Crippen LogP contribution in [0.5, 0.6) is 0 Å². The van der Waals surface area contributed by atoms with Crippen LogP contribution in [0.3, 0.4) is 0 Å². The van der Waals surface area contributed by atoms with Crippen molar-refractivity contribution < 1.29 is 43.4 Å². The predicted molar refractivity (Wildman–Crippen MR) is 364 cm³/mol. The minimum Gasteiger partial charge on any atom is -0.457 e. The number of nitrogens with zero attached hydrogens (tertiary/aromatic N) is 7. The molecule has 9 rings (SSSR count). The van der Waals surface area contributed by atoms with Crippen LogP contribution in [-0.2, 0) is 38.3 Å². The number of Topliss-reactive ketones (excluding diaryl/α,β-unsaturated/α-hetero) is 2. The molecule has 0 radical (unpaired) electrons. The number of aliphatic hydroxyl groups is 1. The molecule has 0 spiro atoms. The number of unbranched alkanes of at least 4 members (excludes halogenated alkanes) is 2. The van der Waals surface area contributed by atoms with Gasteiger partial charge in [-0.1, -0.05) is 65.3 Å². The molecule has 0 aromatic heterocycles. The van der Waals surface area contributed by atoms with Crippen molar-refractivity contribution in [1.82, 2.24) is 40.9 Å². The maximum Gasteiger partial charge on any atom is 0.303 e. The number of carbonyl (C=O) groups is 7. The number of ketones is 3. The maximum atomic E-state index is 14.2. The normalized spacial score (nSPS) is 32.6. The number of amides is 3. The summed E-state index contributed by atoms with van der Waals surface area (Å²) < 4.78 is 5.71. The average Bonchev–Trinajstić information content (AvgIpc) is 2.77. The maximum absolute atomic E-state index is 14.2. The van der Waals surface area contributed by atoms with E-state index in [1.165, 1.54) is 29.7 Å². The monoisotopic (exact) mass is 1310 g/mol. The van der Waals surface area contributed by atoms with Gasteiger partial charge in [-0.15, -0.1) is 35.3 Å². The molecule has 0 aromatic rings. The summed E-state index contributed by atoms with van der Waals surface area (Å²) in [6, 6.07) is 1.35. The fraction of sp³-hybridized carbons (Fsp3) is 0.706. The number of imide groups is 1. The van der Waals surface area contributed by atoms with Gasteiger partial charge < -0.3 is 45.8 Å². The summed E-state index contributed by atoms with van der Waals surface area (Å²) in [4.78, 5) is 117. The van der Waals surface area contributed by atoms with Gasteiger partial charge in [0.25, 0.3) is 5.91 Å². The average molecular weight is 1310 g/mol. The minimum atomic E-state index is -0.737. The van der Waals surface area contributed by atoms with Crippen molar-refractivity contribution in [3.05, 3.63) is 58.4 Å². The van der Waals surface area contributed by atoms with E-state index in [9.17, 15) is 38.7 Å². The Morgan fingerprint density at radius 2 is 1.30 bits per heavy atom. The number of rotatable bonds is 21. The van der Waals surface area contributed by atoms with E-state index >= 15 is 0 Å². The quantitative estimate of drug-likeness (QED) is 0.0241. The van der Waals surface area contributed by atoms with Crippen LogP contribution >= 0.6 is 35.3 Å². The summed E-state index contributed by atoms with van der Waals surface area (Å²) in [6.45, 7) is 21.2. The third-order valence-corrected chi connectivity index (χ3v) is 23.4. The van der Waals surface area contributed by atoms with Gasteiger partial charge in [0, 0.05) is 142 Å². The number of hydrogen-bond acceptors (Lipinski definition) is 21. The Morgan fingerprint density at radius 1 is 0.714 bits per heavy atom. The van der Waals surface area contributed by atoms with Crippen molar-refractivity contribution in [2.24, 2.45) is 38.6 Å². The molecule has 13 atom stereocenters. The largest absolute Gasteiger partial charge is 0.457 e. The standard InChI is InChI=1S/C68H101N11O9S3/c1-9-48-20-27-76-28-22-50(70-66(76)69-48)39-90-59-25-32-78-30-23-51(72-68(78)75-59)40-91-58-24-31-77-29-21-49(71-67(77)74-58)38-89-57-37-60(83)79(65(57)87)26-14-18-52(81)17-11-10-12-19-53-54-34-41(2)33-44(5)61(84)45(6)35-46(7)63(88-47(8)80)42(3)15-13-16-43(4)64(86)73-55(62(54)85)36-56(53)82/h13,15-16,35-36,41-42,44-45,48-51,57-59,61,63,84H,9-12,14,17-34,37-40H2,1-8H3,(H,69,70)(H,71,74)(H,72,75)(H,73,86)/b15-13-,43-16+,46-35+/t41-,42-,44-,45-,48-,49+,50+,51+,57?,58-,59-,61-,63+/m0/s1. The lowest BCUT2D eigenvalue weighted by atomic mass is 9.80. The molecule has 91 heavy (non-hydrogen) atoms. The van der Waals surface area contributed by atoms with Crippen LogP contribution in [0.2, 0.25) is 0 Å². The van der Waals surface area contributed by atoms with Crippen molar-refractivity contribution in [2.45, 2.75) is 217 Å². The first-order valence-electron chi connectivity index (χ1n) is 33.9. The summed E-state index contributed by atoms with van der Waals surface area (Å²) in [5.74, 6) is 2.94. The lowest BCUT2D eigenvalue weighted by Crippen LogP contribution is -2.57. The van der Waals surface area contributed by atoms with E-state index in [1.54, 1.807) is 19.1 Å². The summed E-state index contributed by atoms with van der Waals surface area (Å²) in [5, 5.41) is 25.4. The zero-order valence-electron chi connectivity index (χ0n) is 55.1. The Kier molecular flexibility index (Phi) is 25.5. The molecule has 2 bridgehead atoms. The van der Waals surface area contributed by atoms with E-state index < -0.39 is 35.1 Å². The second kappa shape index (κ2) is 33.1. The van der Waals surface area contributed by atoms with Crippen molar-refractivity contribution >= 4 is 94.2 Å². The molecule has 4 saturated heterocycles. The molecule has 5 N–H and O–H groups in total. The van der Waals surface area contributed by atoms with Crippen LogP contribution in [0.1, 0.15) is 165 Å². The van der Waals surface area contributed by atoms with Gasteiger partial charge in [0.05, 0.1) is 23.1 Å². The molecule has 8 heterocycles. The van der Waals surface area contributed by atoms with E-state index in [2.05, 4.69) is 42.9 Å². The van der Waals surface area contributed by atoms with E-state index in [4.69, 9.17) is 19.7 Å². The number of nitrogens with one attached hydrogen (secondary N) is 4. The molecule has 9 aliphatic rings. The van der Waals surface area contributed by atoms with Crippen LogP contribution in [0.15, 0.2) is 73.3 Å². The molecular formula is C68H101N11O9S3. The number of ether oxygens (including phenoxy) is 1. The number of aliphatic imine (C=N–C) groups is 3. The molecule has 8 aliphatic heterocycles. The van der Waals surface area contributed by atoms with Crippen LogP contribution in [0.25, 0.3) is 0 Å². The molecule has 1 unspecified atom stereocenters. The Bertz CT molecular complexity index is 2940. The second-order valence-corrected chi connectivity index (χ2v) is 30.6. The van der Waals surface area contributed by atoms with Gasteiger partial charge in [0.15, 0.2) is 23.7 Å². The molecule has 4 fully saturated rings. The van der Waals surface area contributed by atoms with Crippen molar-refractivity contribution in [3.8, 4) is 0 Å². The van der Waals surface area contributed by atoms with Gasteiger partial charge in [-0.05, 0) is 115 Å². The Balaban J connectivity index is 0.681. The molecule has 0 aromatic carbocycles. The number of aliphatic hydroxyl groups excluding tert-OH is 1. The van der Waals surface area contributed by atoms with Crippen LogP contribution < -0.4 is 21.3 Å². The molecule has 500 valence electrons. The number of guanidine groups is 3. The Hall–Kier alpha value is -5.39. The number of hydrogen-bond donors (Lipinski definition) is 5. The number of fused-ring (bicyclic) bond motifs is 5. The summed E-state index contributed by atoms with van der Waals surface area (Å²) in [7, 11) is 0. The smallest absolute Gasteiger partial charge is 0.303 e. The van der Waals surface area contributed by atoms with E-state index in [0.29, 0.717) is 85.5 Å². The van der Waals surface area contributed by atoms with Gasteiger partial charge >= 0.3 is 5.97 Å². The summed E-state index contributed by atoms with van der Waals surface area (Å²) >= 11 is 5.44. The van der Waals surface area contributed by atoms with Crippen LogP contribution in [-0.4, -0.2) is 199 Å². The van der Waals surface area contributed by atoms with Gasteiger partial charge in [0.2, 0.25) is 17.6 Å². The van der Waals surface area contributed by atoms with E-state index in [-0.39, 0.29) is 95.3 Å². The van der Waals surface area contributed by atoms with Gasteiger partial charge in [-0.2, -0.15) is 0 Å². The van der Waals surface area contributed by atoms with Gasteiger partial charge in [-0.3, -0.25) is 38.5 Å². The third-order valence-electron chi connectivity index (χ3n) is 19.4. The zero-order chi connectivity index (χ0) is 64.9. The second-order valence-electron chi connectivity index (χ2n) is 26.9. The highest BCUT2D eigenvalue weighted by Crippen LogP contribution is 2.35. The van der Waals surface area contributed by atoms with Crippen molar-refractivity contribution in [3.63, 3.8) is 0 Å². The molecule has 3 amide bonds. The molecular weight excluding hydrogens is 1210 g/mol. The number of esters is 1. The van der Waals surface area contributed by atoms with Crippen LogP contribution in [0, 0.1) is 23.7 Å².